The minimum Gasteiger partial charge on any atom is -0.375 e. The average Bonchev–Trinajstić information content (AvgIpc) is 2.86. The van der Waals surface area contributed by atoms with Gasteiger partial charge in [-0.3, -0.25) is 14.9 Å². The molecule has 2 aliphatic rings. The van der Waals surface area contributed by atoms with E-state index < -0.39 is 0 Å². The molecule has 3 rings (SSSR count). The fourth-order valence-electron chi connectivity index (χ4n) is 3.36. The fourth-order valence-corrected chi connectivity index (χ4v) is 3.62. The van der Waals surface area contributed by atoms with Crippen molar-refractivity contribution in [3.8, 4) is 0 Å². The largest absolute Gasteiger partial charge is 0.375 e. The molecule has 2 amide bonds. The van der Waals surface area contributed by atoms with Crippen LogP contribution in [0, 0.1) is 5.92 Å². The molecule has 1 N–H and O–H groups in total. The summed E-state index contributed by atoms with van der Waals surface area (Å²) in [6.45, 7) is 2.04. The Hall–Kier alpha value is -1.20. The van der Waals surface area contributed by atoms with Crippen LogP contribution in [0.5, 0.6) is 0 Å². The van der Waals surface area contributed by atoms with E-state index in [9.17, 15) is 9.59 Å². The van der Waals surface area contributed by atoms with Gasteiger partial charge in [-0.2, -0.15) is 0 Å². The fraction of sp³-hybridized carbons (Fsp3) is 0.500. The number of hydrogen-bond donors (Lipinski definition) is 1. The molecule has 2 heterocycles. The molecular formula is C16H18BrNO3. The first kappa shape index (κ1) is 14.7. The zero-order chi connectivity index (χ0) is 15.0. The van der Waals surface area contributed by atoms with Gasteiger partial charge < -0.3 is 4.74 Å². The maximum absolute atomic E-state index is 12.3. The van der Waals surface area contributed by atoms with Crippen molar-refractivity contribution in [1.82, 2.24) is 5.32 Å². The quantitative estimate of drug-likeness (QED) is 0.833. The van der Waals surface area contributed by atoms with Crippen LogP contribution in [-0.2, 0) is 14.3 Å². The Balaban J connectivity index is 1.91. The van der Waals surface area contributed by atoms with E-state index in [1.165, 1.54) is 0 Å². The number of benzene rings is 1. The third-order valence-corrected chi connectivity index (χ3v) is 4.89. The molecule has 5 heteroatoms. The van der Waals surface area contributed by atoms with Crippen molar-refractivity contribution in [2.45, 2.75) is 44.3 Å². The van der Waals surface area contributed by atoms with E-state index in [-0.39, 0.29) is 35.9 Å². The van der Waals surface area contributed by atoms with Gasteiger partial charge >= 0.3 is 0 Å². The van der Waals surface area contributed by atoms with Crippen molar-refractivity contribution < 1.29 is 14.3 Å². The molecule has 1 aromatic carbocycles. The van der Waals surface area contributed by atoms with Crippen molar-refractivity contribution in [2.75, 3.05) is 0 Å². The summed E-state index contributed by atoms with van der Waals surface area (Å²) in [6, 6.07) is 7.73. The summed E-state index contributed by atoms with van der Waals surface area (Å²) in [6.07, 6.45) is 2.46. The van der Waals surface area contributed by atoms with Crippen molar-refractivity contribution in [3.63, 3.8) is 0 Å². The topological polar surface area (TPSA) is 55.4 Å². The number of rotatable bonds is 2. The second-order valence-corrected chi connectivity index (χ2v) is 6.79. The summed E-state index contributed by atoms with van der Waals surface area (Å²) < 4.78 is 6.90. The van der Waals surface area contributed by atoms with Gasteiger partial charge in [0.2, 0.25) is 11.8 Å². The summed E-state index contributed by atoms with van der Waals surface area (Å²) >= 11 is 3.40. The number of halogens is 1. The lowest BCUT2D eigenvalue weighted by atomic mass is 9.76. The van der Waals surface area contributed by atoms with E-state index in [2.05, 4.69) is 21.2 Å². The van der Waals surface area contributed by atoms with Crippen LogP contribution < -0.4 is 5.32 Å². The molecule has 2 saturated heterocycles. The monoisotopic (exact) mass is 351 g/mol. The van der Waals surface area contributed by atoms with Crippen molar-refractivity contribution in [2.24, 2.45) is 5.92 Å². The van der Waals surface area contributed by atoms with Crippen LogP contribution in [-0.4, -0.2) is 24.0 Å². The van der Waals surface area contributed by atoms with Crippen LogP contribution >= 0.6 is 15.9 Å². The summed E-state index contributed by atoms with van der Waals surface area (Å²) in [5, 5.41) is 2.46. The lowest BCUT2D eigenvalue weighted by Crippen LogP contribution is -2.48. The van der Waals surface area contributed by atoms with Gasteiger partial charge in [-0.15, -0.1) is 0 Å². The van der Waals surface area contributed by atoms with Gasteiger partial charge in [0.05, 0.1) is 18.1 Å². The predicted molar refractivity (Wildman–Crippen MR) is 81.7 cm³/mol. The normalized spacial score (nSPS) is 33.0. The first-order valence-corrected chi connectivity index (χ1v) is 8.08. The van der Waals surface area contributed by atoms with Gasteiger partial charge in [-0.1, -0.05) is 28.1 Å². The Morgan fingerprint density at radius 2 is 1.90 bits per heavy atom. The summed E-state index contributed by atoms with van der Waals surface area (Å²) in [7, 11) is 0. The molecule has 1 aromatic rings. The minimum absolute atomic E-state index is 0.0105. The highest BCUT2D eigenvalue weighted by Gasteiger charge is 2.43. The van der Waals surface area contributed by atoms with Gasteiger partial charge in [0.1, 0.15) is 0 Å². The Morgan fingerprint density at radius 1 is 1.19 bits per heavy atom. The van der Waals surface area contributed by atoms with Crippen LogP contribution in [0.1, 0.15) is 37.7 Å². The van der Waals surface area contributed by atoms with Crippen LogP contribution in [0.25, 0.3) is 0 Å². The highest BCUT2D eigenvalue weighted by Crippen LogP contribution is 2.39. The lowest BCUT2D eigenvalue weighted by Gasteiger charge is -2.34. The third-order valence-electron chi connectivity index (χ3n) is 4.37. The first-order valence-electron chi connectivity index (χ1n) is 7.29. The number of ether oxygens (including phenoxy) is 1. The van der Waals surface area contributed by atoms with Gasteiger partial charge in [-0.25, -0.2) is 0 Å². The molecule has 0 spiro atoms. The number of amides is 2. The molecule has 2 aliphatic heterocycles. The average molecular weight is 352 g/mol. The van der Waals surface area contributed by atoms with E-state index in [1.54, 1.807) is 0 Å². The highest BCUT2D eigenvalue weighted by molar-refractivity contribution is 9.10. The predicted octanol–water partition coefficient (Wildman–Crippen LogP) is 2.76. The van der Waals surface area contributed by atoms with Crippen LogP contribution in [0.4, 0.5) is 0 Å². The molecule has 0 bridgehead atoms. The molecule has 4 atom stereocenters. The molecule has 21 heavy (non-hydrogen) atoms. The van der Waals surface area contributed by atoms with Crippen molar-refractivity contribution >= 4 is 27.7 Å². The summed E-state index contributed by atoms with van der Waals surface area (Å²) in [4.78, 5) is 24.1. The molecule has 0 aromatic heterocycles. The molecule has 2 fully saturated rings. The van der Waals surface area contributed by atoms with Gasteiger partial charge in [0, 0.05) is 16.8 Å². The Morgan fingerprint density at radius 3 is 2.52 bits per heavy atom. The molecule has 0 saturated carbocycles. The maximum atomic E-state index is 12.3. The molecular weight excluding hydrogens is 334 g/mol. The van der Waals surface area contributed by atoms with Crippen molar-refractivity contribution in [1.29, 1.82) is 0 Å². The van der Waals surface area contributed by atoms with Crippen LogP contribution in [0.2, 0.25) is 0 Å². The van der Waals surface area contributed by atoms with E-state index in [0.29, 0.717) is 6.42 Å². The minimum atomic E-state index is -0.314. The van der Waals surface area contributed by atoms with E-state index in [0.717, 1.165) is 22.9 Å². The molecule has 4 nitrogen and oxygen atoms in total. The SMILES string of the molecule is CC1CCC(C2CC(=O)NC(=O)C2c2ccc(Br)cc2)O1. The summed E-state index contributed by atoms with van der Waals surface area (Å²) in [5.41, 5.74) is 0.941. The number of hydrogen-bond acceptors (Lipinski definition) is 3. The molecule has 4 unspecified atom stereocenters. The second kappa shape index (κ2) is 5.89. The Labute approximate surface area is 132 Å². The van der Waals surface area contributed by atoms with E-state index in [1.807, 2.05) is 31.2 Å². The lowest BCUT2D eigenvalue weighted by molar-refractivity contribution is -0.139. The zero-order valence-electron chi connectivity index (χ0n) is 11.8. The van der Waals surface area contributed by atoms with Crippen LogP contribution in [0.15, 0.2) is 28.7 Å². The Kier molecular flexibility index (Phi) is 4.13. The number of carbonyl (C=O) groups excluding carboxylic acids is 2. The van der Waals surface area contributed by atoms with Crippen molar-refractivity contribution in [3.05, 3.63) is 34.3 Å². The maximum Gasteiger partial charge on any atom is 0.234 e. The van der Waals surface area contributed by atoms with Gasteiger partial charge in [-0.05, 0) is 37.5 Å². The first-order chi connectivity index (χ1) is 10.0. The van der Waals surface area contributed by atoms with Crippen LogP contribution in [0.3, 0.4) is 0 Å². The highest BCUT2D eigenvalue weighted by atomic mass is 79.9. The second-order valence-electron chi connectivity index (χ2n) is 5.87. The molecule has 0 radical (unpaired) electrons. The zero-order valence-corrected chi connectivity index (χ0v) is 13.4. The third kappa shape index (κ3) is 3.04. The number of piperidine rings is 1. The molecule has 0 aliphatic carbocycles. The number of imide groups is 1. The number of nitrogens with one attached hydrogen (secondary N) is 1. The molecule has 112 valence electrons. The Bertz CT molecular complexity index is 557. The standard InChI is InChI=1S/C16H18BrNO3/c1-9-2-7-13(21-9)12-8-14(19)18-16(20)15(12)10-3-5-11(17)6-4-10/h3-6,9,12-13,15H,2,7-8H2,1H3,(H,18,19,20). The van der Waals surface area contributed by atoms with Gasteiger partial charge in [0.15, 0.2) is 0 Å². The van der Waals surface area contributed by atoms with E-state index in [4.69, 9.17) is 4.74 Å². The van der Waals surface area contributed by atoms with Gasteiger partial charge in [0.25, 0.3) is 0 Å². The number of carbonyl (C=O) groups is 2. The smallest absolute Gasteiger partial charge is 0.234 e. The van der Waals surface area contributed by atoms with E-state index >= 15 is 0 Å². The summed E-state index contributed by atoms with van der Waals surface area (Å²) in [5.74, 6) is -0.785.